The fourth-order valence-corrected chi connectivity index (χ4v) is 2.38. The molecule has 0 radical (unpaired) electrons. The molecule has 7 heteroatoms. The molecule has 0 heterocycles. The first-order valence-corrected chi connectivity index (χ1v) is 7.67. The van der Waals surface area contributed by atoms with Crippen molar-refractivity contribution in [1.82, 2.24) is 0 Å². The van der Waals surface area contributed by atoms with Crippen molar-refractivity contribution in [2.75, 3.05) is 23.9 Å². The van der Waals surface area contributed by atoms with Crippen LogP contribution in [0.2, 0.25) is 10.0 Å². The summed E-state index contributed by atoms with van der Waals surface area (Å²) in [5.74, 6) is -0.558. The molecule has 0 fully saturated rings. The van der Waals surface area contributed by atoms with Crippen molar-refractivity contribution in [3.8, 4) is 0 Å². The Morgan fingerprint density at radius 3 is 2.29 bits per heavy atom. The van der Waals surface area contributed by atoms with E-state index in [1.54, 1.807) is 0 Å². The van der Waals surface area contributed by atoms with Gasteiger partial charge in [-0.1, -0.05) is 23.2 Å². The van der Waals surface area contributed by atoms with Crippen molar-refractivity contribution in [2.24, 2.45) is 0 Å². The van der Waals surface area contributed by atoms with Crippen molar-refractivity contribution < 1.29 is 12.8 Å². The average molecular weight is 300 g/mol. The fraction of sp³-hybridized carbons (Fsp3) is 0.400. The predicted octanol–water partition coefficient (Wildman–Crippen LogP) is 2.98. The minimum atomic E-state index is -2.95. The summed E-state index contributed by atoms with van der Waals surface area (Å²) in [5, 5.41) is 2.79. The molecule has 0 bridgehead atoms. The monoisotopic (exact) mass is 299 g/mol. The molecular formula is C10H12Cl2FNO2S. The van der Waals surface area contributed by atoms with E-state index < -0.39 is 15.7 Å². The van der Waals surface area contributed by atoms with E-state index in [2.05, 4.69) is 5.32 Å². The molecular weight excluding hydrogens is 288 g/mol. The van der Waals surface area contributed by atoms with Gasteiger partial charge in [0, 0.05) is 18.5 Å². The van der Waals surface area contributed by atoms with Gasteiger partial charge in [0.15, 0.2) is 5.82 Å². The second kappa shape index (κ2) is 5.89. The predicted molar refractivity (Wildman–Crippen MR) is 69.2 cm³/mol. The maximum absolute atomic E-state index is 13.1. The Morgan fingerprint density at radius 1 is 1.29 bits per heavy atom. The van der Waals surface area contributed by atoms with Gasteiger partial charge in [-0.25, -0.2) is 12.8 Å². The van der Waals surface area contributed by atoms with Crippen molar-refractivity contribution in [3.05, 3.63) is 28.0 Å². The van der Waals surface area contributed by atoms with Crippen LogP contribution in [-0.2, 0) is 9.84 Å². The lowest BCUT2D eigenvalue weighted by molar-refractivity contribution is 0.600. The van der Waals surface area contributed by atoms with Crippen LogP contribution in [0.25, 0.3) is 0 Å². The minimum Gasteiger partial charge on any atom is -0.385 e. The number of benzene rings is 1. The number of halogens is 3. The molecule has 1 N–H and O–H groups in total. The van der Waals surface area contributed by atoms with E-state index in [4.69, 9.17) is 23.2 Å². The van der Waals surface area contributed by atoms with E-state index in [1.165, 1.54) is 18.4 Å². The number of sulfone groups is 1. The first-order valence-electron chi connectivity index (χ1n) is 4.86. The summed E-state index contributed by atoms with van der Waals surface area (Å²) >= 11 is 11.2. The molecule has 0 saturated heterocycles. The molecule has 0 amide bonds. The van der Waals surface area contributed by atoms with E-state index >= 15 is 0 Å². The van der Waals surface area contributed by atoms with Gasteiger partial charge in [-0.05, 0) is 18.6 Å². The maximum atomic E-state index is 13.1. The third-order valence-electron chi connectivity index (χ3n) is 2.00. The summed E-state index contributed by atoms with van der Waals surface area (Å²) in [7, 11) is -2.95. The molecule has 0 spiro atoms. The zero-order valence-electron chi connectivity index (χ0n) is 9.13. The number of hydrogen-bond donors (Lipinski definition) is 1. The molecule has 3 nitrogen and oxygen atoms in total. The van der Waals surface area contributed by atoms with E-state index in [9.17, 15) is 12.8 Å². The van der Waals surface area contributed by atoms with Crippen LogP contribution < -0.4 is 5.32 Å². The van der Waals surface area contributed by atoms with Crippen LogP contribution in [0.1, 0.15) is 6.42 Å². The van der Waals surface area contributed by atoms with Crippen molar-refractivity contribution in [1.29, 1.82) is 0 Å². The Kier molecular flexibility index (Phi) is 5.04. The van der Waals surface area contributed by atoms with Crippen molar-refractivity contribution >= 4 is 38.7 Å². The molecule has 0 atom stereocenters. The Labute approximate surface area is 110 Å². The van der Waals surface area contributed by atoms with Crippen LogP contribution in [0.5, 0.6) is 0 Å². The van der Waals surface area contributed by atoms with E-state index in [0.29, 0.717) is 18.7 Å². The Balaban J connectivity index is 2.53. The summed E-state index contributed by atoms with van der Waals surface area (Å²) in [4.78, 5) is 0. The van der Waals surface area contributed by atoms with Gasteiger partial charge in [0.25, 0.3) is 0 Å². The molecule has 1 aromatic carbocycles. The average Bonchev–Trinajstić information content (AvgIpc) is 2.19. The van der Waals surface area contributed by atoms with Crippen LogP contribution in [0.15, 0.2) is 12.1 Å². The lowest BCUT2D eigenvalue weighted by Crippen LogP contribution is -2.09. The molecule has 0 aliphatic rings. The van der Waals surface area contributed by atoms with Crippen LogP contribution in [0, 0.1) is 5.82 Å². The van der Waals surface area contributed by atoms with Gasteiger partial charge in [-0.2, -0.15) is 0 Å². The summed E-state index contributed by atoms with van der Waals surface area (Å²) in [6.07, 6.45) is 1.64. The van der Waals surface area contributed by atoms with Crippen molar-refractivity contribution in [2.45, 2.75) is 6.42 Å². The highest BCUT2D eigenvalue weighted by atomic mass is 35.5. The van der Waals surface area contributed by atoms with E-state index in [0.717, 1.165) is 0 Å². The number of nitrogens with one attached hydrogen (secondary N) is 1. The summed E-state index contributed by atoms with van der Waals surface area (Å²) < 4.78 is 34.8. The quantitative estimate of drug-likeness (QED) is 0.671. The van der Waals surface area contributed by atoms with Gasteiger partial charge in [0.05, 0.1) is 15.8 Å². The third kappa shape index (κ3) is 5.10. The smallest absolute Gasteiger partial charge is 0.160 e. The summed E-state index contributed by atoms with van der Waals surface area (Å²) in [6, 6.07) is 2.81. The lowest BCUT2D eigenvalue weighted by Gasteiger charge is -2.07. The van der Waals surface area contributed by atoms with Crippen LogP contribution in [-0.4, -0.2) is 27.0 Å². The highest BCUT2D eigenvalue weighted by Crippen LogP contribution is 2.27. The molecule has 1 rings (SSSR count). The third-order valence-corrected chi connectivity index (χ3v) is 3.59. The van der Waals surface area contributed by atoms with Gasteiger partial charge in [-0.15, -0.1) is 0 Å². The van der Waals surface area contributed by atoms with Gasteiger partial charge in [0.2, 0.25) is 0 Å². The number of hydrogen-bond acceptors (Lipinski definition) is 3. The molecule has 0 saturated carbocycles. The molecule has 0 aliphatic carbocycles. The largest absolute Gasteiger partial charge is 0.385 e. The summed E-state index contributed by atoms with van der Waals surface area (Å²) in [6.45, 7) is 0.450. The molecule has 0 aliphatic heterocycles. The number of anilines is 1. The zero-order chi connectivity index (χ0) is 13.1. The Bertz CT molecular complexity index is 482. The normalized spacial score (nSPS) is 11.5. The van der Waals surface area contributed by atoms with Crippen LogP contribution in [0.3, 0.4) is 0 Å². The molecule has 0 unspecified atom stereocenters. The van der Waals surface area contributed by atoms with Gasteiger partial charge < -0.3 is 5.32 Å². The molecule has 0 aromatic heterocycles. The Morgan fingerprint density at radius 2 is 1.82 bits per heavy atom. The van der Waals surface area contributed by atoms with Crippen molar-refractivity contribution in [3.63, 3.8) is 0 Å². The topological polar surface area (TPSA) is 46.2 Å². The highest BCUT2D eigenvalue weighted by Gasteiger charge is 2.07. The Hall–Kier alpha value is -0.520. The first-order chi connectivity index (χ1) is 7.79. The van der Waals surface area contributed by atoms with E-state index in [1.807, 2.05) is 0 Å². The van der Waals surface area contributed by atoms with Gasteiger partial charge in [-0.3, -0.25) is 0 Å². The number of rotatable bonds is 5. The summed E-state index contributed by atoms with van der Waals surface area (Å²) in [5.41, 5.74) is 0.565. The maximum Gasteiger partial charge on any atom is 0.160 e. The van der Waals surface area contributed by atoms with Gasteiger partial charge in [0.1, 0.15) is 9.84 Å². The SMILES string of the molecule is CS(=O)(=O)CCCNc1cc(Cl)c(F)c(Cl)c1. The molecule has 17 heavy (non-hydrogen) atoms. The molecule has 1 aromatic rings. The molecule has 96 valence electrons. The lowest BCUT2D eigenvalue weighted by atomic mass is 10.3. The second-order valence-corrected chi connectivity index (χ2v) is 6.74. The first kappa shape index (κ1) is 14.5. The van der Waals surface area contributed by atoms with E-state index in [-0.39, 0.29) is 15.8 Å². The van der Waals surface area contributed by atoms with Crippen LogP contribution >= 0.6 is 23.2 Å². The fourth-order valence-electron chi connectivity index (χ4n) is 1.22. The highest BCUT2D eigenvalue weighted by molar-refractivity contribution is 7.90. The minimum absolute atomic E-state index is 0.0666. The standard InChI is InChI=1S/C10H12Cl2FNO2S/c1-17(15,16)4-2-3-14-7-5-8(11)10(13)9(12)6-7/h5-6,14H,2-4H2,1H3. The zero-order valence-corrected chi connectivity index (χ0v) is 11.5. The second-order valence-electron chi connectivity index (χ2n) is 3.66. The van der Waals surface area contributed by atoms with Gasteiger partial charge >= 0.3 is 0 Å². The van der Waals surface area contributed by atoms with Crippen LogP contribution in [0.4, 0.5) is 10.1 Å².